The molecule has 0 atom stereocenters. The third-order valence-electron chi connectivity index (χ3n) is 2.18. The van der Waals surface area contributed by atoms with Crippen LogP contribution in [0.5, 0.6) is 0 Å². The number of hydrogen-bond donors (Lipinski definition) is 1. The molecule has 84 valence electrons. The van der Waals surface area contributed by atoms with Crippen molar-refractivity contribution in [3.63, 3.8) is 0 Å². The lowest BCUT2D eigenvalue weighted by molar-refractivity contribution is -0.384. The molecule has 0 aliphatic heterocycles. The zero-order chi connectivity index (χ0) is 12.1. The zero-order valence-electron chi connectivity index (χ0n) is 8.88. The predicted molar refractivity (Wildman–Crippen MR) is 61.1 cm³/mol. The largest absolute Gasteiger partial charge is 0.392 e. The summed E-state index contributed by atoms with van der Waals surface area (Å²) in [7, 11) is 1.76. The van der Waals surface area contributed by atoms with Gasteiger partial charge in [0, 0.05) is 30.4 Å². The van der Waals surface area contributed by atoms with E-state index in [0.29, 0.717) is 17.8 Å². The van der Waals surface area contributed by atoms with Crippen molar-refractivity contribution in [2.45, 2.75) is 6.61 Å². The monoisotopic (exact) mass is 220 g/mol. The molecule has 1 N–H and O–H groups in total. The number of hydrogen-bond acceptors (Lipinski definition) is 4. The first-order chi connectivity index (χ1) is 7.60. The average molecular weight is 220 g/mol. The van der Waals surface area contributed by atoms with Crippen molar-refractivity contribution in [1.82, 2.24) is 0 Å². The minimum Gasteiger partial charge on any atom is -0.392 e. The smallest absolute Gasteiger partial charge is 0.269 e. The molecule has 1 aromatic carbocycles. The minimum atomic E-state index is -0.496. The Morgan fingerprint density at radius 3 is 2.81 bits per heavy atom. The van der Waals surface area contributed by atoms with Gasteiger partial charge in [-0.05, 0) is 6.07 Å². The number of aliphatic hydroxyl groups is 1. The van der Waals surface area contributed by atoms with E-state index in [4.69, 9.17) is 11.5 Å². The van der Waals surface area contributed by atoms with Crippen LogP contribution in [0.25, 0.3) is 0 Å². The number of terminal acetylenes is 1. The van der Waals surface area contributed by atoms with Gasteiger partial charge in [-0.15, -0.1) is 6.42 Å². The molecule has 5 nitrogen and oxygen atoms in total. The molecule has 0 aromatic heterocycles. The summed E-state index contributed by atoms with van der Waals surface area (Å²) in [6.07, 6.45) is 5.17. The Morgan fingerprint density at radius 1 is 1.62 bits per heavy atom. The predicted octanol–water partition coefficient (Wildman–Crippen LogP) is 1.16. The zero-order valence-corrected chi connectivity index (χ0v) is 8.88. The Kier molecular flexibility index (Phi) is 3.86. The van der Waals surface area contributed by atoms with Crippen LogP contribution in [0.3, 0.4) is 0 Å². The van der Waals surface area contributed by atoms with Crippen LogP contribution >= 0.6 is 0 Å². The maximum Gasteiger partial charge on any atom is 0.269 e. The van der Waals surface area contributed by atoms with E-state index in [2.05, 4.69) is 5.92 Å². The lowest BCUT2D eigenvalue weighted by atomic mass is 10.1. The van der Waals surface area contributed by atoms with Gasteiger partial charge >= 0.3 is 0 Å². The molecule has 0 aliphatic carbocycles. The molecule has 0 radical (unpaired) electrons. The molecular formula is C11H12N2O3. The number of non-ortho nitro benzene ring substituents is 1. The van der Waals surface area contributed by atoms with E-state index in [9.17, 15) is 10.1 Å². The van der Waals surface area contributed by atoms with Crippen molar-refractivity contribution >= 4 is 11.4 Å². The molecule has 1 rings (SSSR count). The van der Waals surface area contributed by atoms with E-state index in [0.717, 1.165) is 0 Å². The van der Waals surface area contributed by atoms with Crippen LogP contribution in [0.1, 0.15) is 5.56 Å². The molecule has 0 bridgehead atoms. The van der Waals surface area contributed by atoms with E-state index in [1.807, 2.05) is 0 Å². The average Bonchev–Trinajstić information content (AvgIpc) is 2.28. The topological polar surface area (TPSA) is 66.6 Å². The molecule has 0 saturated carbocycles. The highest BCUT2D eigenvalue weighted by atomic mass is 16.6. The molecule has 0 fully saturated rings. The van der Waals surface area contributed by atoms with E-state index in [1.165, 1.54) is 12.1 Å². The van der Waals surface area contributed by atoms with Crippen LogP contribution in [0.2, 0.25) is 0 Å². The molecule has 0 amide bonds. The normalized spacial score (nSPS) is 9.56. The molecule has 0 aliphatic rings. The highest BCUT2D eigenvalue weighted by molar-refractivity contribution is 5.57. The van der Waals surface area contributed by atoms with Gasteiger partial charge in [-0.1, -0.05) is 5.92 Å². The van der Waals surface area contributed by atoms with Crippen LogP contribution in [0.15, 0.2) is 18.2 Å². The van der Waals surface area contributed by atoms with Crippen LogP contribution in [-0.2, 0) is 6.61 Å². The Bertz CT molecular complexity index is 437. The first kappa shape index (κ1) is 12.0. The fraction of sp³-hybridized carbons (Fsp3) is 0.273. The highest BCUT2D eigenvalue weighted by Gasteiger charge is 2.12. The van der Waals surface area contributed by atoms with Gasteiger partial charge in [0.15, 0.2) is 0 Å². The first-order valence-electron chi connectivity index (χ1n) is 4.63. The Labute approximate surface area is 93.5 Å². The number of nitro benzene ring substituents is 1. The van der Waals surface area contributed by atoms with Crippen molar-refractivity contribution < 1.29 is 10.0 Å². The maximum atomic E-state index is 10.6. The van der Waals surface area contributed by atoms with Gasteiger partial charge < -0.3 is 10.0 Å². The van der Waals surface area contributed by atoms with E-state index in [1.54, 1.807) is 18.0 Å². The molecule has 1 aromatic rings. The SMILES string of the molecule is C#CCN(C)c1ccc([N+](=O)[O-])cc1CO. The van der Waals surface area contributed by atoms with Gasteiger partial charge in [0.2, 0.25) is 0 Å². The number of rotatable bonds is 4. The molecule has 16 heavy (non-hydrogen) atoms. The van der Waals surface area contributed by atoms with Crippen molar-refractivity contribution in [3.8, 4) is 12.3 Å². The summed E-state index contributed by atoms with van der Waals surface area (Å²) in [4.78, 5) is 11.8. The number of benzene rings is 1. The lowest BCUT2D eigenvalue weighted by Gasteiger charge is -2.18. The summed E-state index contributed by atoms with van der Waals surface area (Å²) in [5.74, 6) is 2.47. The summed E-state index contributed by atoms with van der Waals surface area (Å²) in [6, 6.07) is 4.32. The van der Waals surface area contributed by atoms with Crippen molar-refractivity contribution in [1.29, 1.82) is 0 Å². The molecule has 0 heterocycles. The summed E-state index contributed by atoms with van der Waals surface area (Å²) in [6.45, 7) is 0.122. The third-order valence-corrected chi connectivity index (χ3v) is 2.18. The Balaban J connectivity index is 3.12. The molecular weight excluding hydrogens is 208 g/mol. The van der Waals surface area contributed by atoms with Gasteiger partial charge in [-0.25, -0.2) is 0 Å². The third kappa shape index (κ3) is 2.49. The summed E-state index contributed by atoms with van der Waals surface area (Å²) >= 11 is 0. The molecule has 0 saturated heterocycles. The summed E-state index contributed by atoms with van der Waals surface area (Å²) in [5.41, 5.74) is 1.15. The molecule has 0 unspecified atom stereocenters. The van der Waals surface area contributed by atoms with Crippen LogP contribution in [0, 0.1) is 22.5 Å². The van der Waals surface area contributed by atoms with E-state index >= 15 is 0 Å². The lowest BCUT2D eigenvalue weighted by Crippen LogP contribution is -2.18. The molecule has 0 spiro atoms. The fourth-order valence-corrected chi connectivity index (χ4v) is 1.41. The second-order valence-electron chi connectivity index (χ2n) is 3.29. The van der Waals surface area contributed by atoms with Gasteiger partial charge in [-0.2, -0.15) is 0 Å². The quantitative estimate of drug-likeness (QED) is 0.469. The second kappa shape index (κ2) is 5.14. The summed E-state index contributed by atoms with van der Waals surface area (Å²) < 4.78 is 0. The minimum absolute atomic E-state index is 0.0399. The van der Waals surface area contributed by atoms with Gasteiger partial charge in [0.1, 0.15) is 0 Å². The van der Waals surface area contributed by atoms with Crippen LogP contribution < -0.4 is 4.90 Å². The van der Waals surface area contributed by atoms with E-state index < -0.39 is 4.92 Å². The second-order valence-corrected chi connectivity index (χ2v) is 3.29. The van der Waals surface area contributed by atoms with Gasteiger partial charge in [0.05, 0.1) is 18.1 Å². The summed E-state index contributed by atoms with van der Waals surface area (Å²) in [5, 5.41) is 19.7. The number of nitro groups is 1. The number of aliphatic hydroxyl groups excluding tert-OH is 1. The maximum absolute atomic E-state index is 10.6. The fourth-order valence-electron chi connectivity index (χ4n) is 1.41. The van der Waals surface area contributed by atoms with Gasteiger partial charge in [-0.3, -0.25) is 10.1 Å². The highest BCUT2D eigenvalue weighted by Crippen LogP contribution is 2.24. The van der Waals surface area contributed by atoms with Crippen LogP contribution in [-0.4, -0.2) is 23.6 Å². The van der Waals surface area contributed by atoms with Crippen LogP contribution in [0.4, 0.5) is 11.4 Å². The number of nitrogens with zero attached hydrogens (tertiary/aromatic N) is 2. The number of anilines is 1. The first-order valence-corrected chi connectivity index (χ1v) is 4.63. The van der Waals surface area contributed by atoms with Crippen molar-refractivity contribution in [2.75, 3.05) is 18.5 Å². The van der Waals surface area contributed by atoms with Gasteiger partial charge in [0.25, 0.3) is 5.69 Å². The Morgan fingerprint density at radius 2 is 2.31 bits per heavy atom. The van der Waals surface area contributed by atoms with E-state index in [-0.39, 0.29) is 12.3 Å². The molecule has 5 heteroatoms. The Hall–Kier alpha value is -2.06. The van der Waals surface area contributed by atoms with Crippen molar-refractivity contribution in [3.05, 3.63) is 33.9 Å². The standard InChI is InChI=1S/C11H12N2O3/c1-3-6-12(2)11-5-4-10(13(15)16)7-9(11)8-14/h1,4-5,7,14H,6,8H2,2H3. The van der Waals surface area contributed by atoms with Crippen molar-refractivity contribution in [2.24, 2.45) is 0 Å².